The van der Waals surface area contributed by atoms with E-state index in [2.05, 4.69) is 34.6 Å². The van der Waals surface area contributed by atoms with Gasteiger partial charge in [-0.15, -0.1) is 0 Å². The highest BCUT2D eigenvalue weighted by Gasteiger charge is 2.23. The van der Waals surface area contributed by atoms with E-state index in [0.29, 0.717) is 11.8 Å². The van der Waals surface area contributed by atoms with E-state index in [1.807, 2.05) is 13.0 Å². The number of likely N-dealkylation sites (tertiary alicyclic amines) is 1. The number of aromatic nitrogens is 2. The number of halogens is 1. The summed E-state index contributed by atoms with van der Waals surface area (Å²) in [7, 11) is 0. The Labute approximate surface area is 143 Å². The first-order valence-corrected chi connectivity index (χ1v) is 8.69. The van der Waals surface area contributed by atoms with Gasteiger partial charge in [0.05, 0.1) is 11.7 Å². The van der Waals surface area contributed by atoms with Crippen LogP contribution in [0.2, 0.25) is 0 Å². The molecule has 1 unspecified atom stereocenters. The number of benzene rings is 1. The lowest BCUT2D eigenvalue weighted by Gasteiger charge is -2.33. The zero-order valence-corrected chi connectivity index (χ0v) is 14.7. The minimum atomic E-state index is -0.280. The van der Waals surface area contributed by atoms with Crippen molar-refractivity contribution in [2.75, 3.05) is 19.6 Å². The first kappa shape index (κ1) is 17.0. The number of aryl methyl sites for hydroxylation is 2. The van der Waals surface area contributed by atoms with Crippen molar-refractivity contribution in [3.63, 3.8) is 0 Å². The molecular formula is C19H26FN3O. The molecule has 4 nitrogen and oxygen atoms in total. The van der Waals surface area contributed by atoms with Crippen LogP contribution in [0, 0.1) is 19.7 Å². The quantitative estimate of drug-likeness (QED) is 0.836. The van der Waals surface area contributed by atoms with Crippen molar-refractivity contribution in [1.82, 2.24) is 14.7 Å². The number of para-hydroxylation sites is 1. The molecule has 1 aliphatic rings. The van der Waals surface area contributed by atoms with Crippen LogP contribution in [-0.2, 0) is 0 Å². The van der Waals surface area contributed by atoms with E-state index in [4.69, 9.17) is 4.74 Å². The van der Waals surface area contributed by atoms with Gasteiger partial charge in [-0.2, -0.15) is 5.10 Å². The van der Waals surface area contributed by atoms with Crippen molar-refractivity contribution in [3.8, 4) is 5.75 Å². The van der Waals surface area contributed by atoms with Crippen LogP contribution in [0.15, 0.2) is 30.3 Å². The van der Waals surface area contributed by atoms with Gasteiger partial charge in [0.15, 0.2) is 11.6 Å². The number of piperidine rings is 1. The molecule has 1 fully saturated rings. The van der Waals surface area contributed by atoms with Gasteiger partial charge in [-0.3, -0.25) is 4.68 Å². The summed E-state index contributed by atoms with van der Waals surface area (Å²) in [6.07, 6.45) is 1.96. The third-order valence-corrected chi connectivity index (χ3v) is 4.65. The number of nitrogens with zero attached hydrogens (tertiary/aromatic N) is 3. The van der Waals surface area contributed by atoms with Crippen molar-refractivity contribution in [3.05, 3.63) is 47.5 Å². The van der Waals surface area contributed by atoms with Crippen molar-refractivity contribution in [2.24, 2.45) is 0 Å². The number of rotatable bonds is 5. The molecule has 0 N–H and O–H groups in total. The second-order valence-electron chi connectivity index (χ2n) is 6.77. The first-order chi connectivity index (χ1) is 11.5. The van der Waals surface area contributed by atoms with E-state index >= 15 is 0 Å². The maximum absolute atomic E-state index is 13.7. The van der Waals surface area contributed by atoms with Crippen LogP contribution in [0.4, 0.5) is 4.39 Å². The molecule has 0 bridgehead atoms. The smallest absolute Gasteiger partial charge is 0.165 e. The number of hydrogen-bond acceptors (Lipinski definition) is 3. The normalized spacial score (nSPS) is 17.8. The molecule has 24 heavy (non-hydrogen) atoms. The van der Waals surface area contributed by atoms with Crippen LogP contribution in [0.3, 0.4) is 0 Å². The second-order valence-corrected chi connectivity index (χ2v) is 6.77. The van der Waals surface area contributed by atoms with Gasteiger partial charge in [0.25, 0.3) is 0 Å². The van der Waals surface area contributed by atoms with Gasteiger partial charge in [-0.25, -0.2) is 4.39 Å². The largest absolute Gasteiger partial charge is 0.487 e. The summed E-state index contributed by atoms with van der Waals surface area (Å²) in [6, 6.07) is 9.11. The Morgan fingerprint density at radius 1 is 1.25 bits per heavy atom. The van der Waals surface area contributed by atoms with E-state index in [1.54, 1.807) is 12.1 Å². The zero-order valence-electron chi connectivity index (χ0n) is 14.7. The van der Waals surface area contributed by atoms with E-state index in [9.17, 15) is 4.39 Å². The fourth-order valence-electron chi connectivity index (χ4n) is 3.47. The highest BCUT2D eigenvalue weighted by atomic mass is 19.1. The molecule has 1 saturated heterocycles. The van der Waals surface area contributed by atoms with Crippen molar-refractivity contribution < 1.29 is 9.13 Å². The monoisotopic (exact) mass is 331 g/mol. The number of hydrogen-bond donors (Lipinski definition) is 0. The Hall–Kier alpha value is -1.88. The fraction of sp³-hybridized carbons (Fsp3) is 0.526. The van der Waals surface area contributed by atoms with Gasteiger partial charge in [0, 0.05) is 25.3 Å². The maximum atomic E-state index is 13.7. The van der Waals surface area contributed by atoms with Crippen molar-refractivity contribution >= 4 is 0 Å². The summed E-state index contributed by atoms with van der Waals surface area (Å²) >= 11 is 0. The predicted molar refractivity (Wildman–Crippen MR) is 92.9 cm³/mol. The Morgan fingerprint density at radius 3 is 2.58 bits per heavy atom. The summed E-state index contributed by atoms with van der Waals surface area (Å²) in [5.74, 6) is 0.0880. The molecule has 1 aliphatic heterocycles. The lowest BCUT2D eigenvalue weighted by atomic mass is 10.1. The van der Waals surface area contributed by atoms with Gasteiger partial charge in [0.1, 0.15) is 6.10 Å². The average molecular weight is 331 g/mol. The second kappa shape index (κ2) is 7.34. The molecule has 0 spiro atoms. The summed E-state index contributed by atoms with van der Waals surface area (Å²) in [5, 5.41) is 4.58. The van der Waals surface area contributed by atoms with E-state index in [0.717, 1.165) is 38.2 Å². The third kappa shape index (κ3) is 3.96. The topological polar surface area (TPSA) is 30.3 Å². The summed E-state index contributed by atoms with van der Waals surface area (Å²) in [6.45, 7) is 9.27. The maximum Gasteiger partial charge on any atom is 0.165 e. The van der Waals surface area contributed by atoms with Crippen LogP contribution in [0.1, 0.15) is 37.2 Å². The first-order valence-electron chi connectivity index (χ1n) is 8.69. The molecule has 2 aromatic rings. The molecule has 0 amide bonds. The summed E-state index contributed by atoms with van der Waals surface area (Å²) < 4.78 is 21.6. The lowest BCUT2D eigenvalue weighted by Crippen LogP contribution is -2.40. The van der Waals surface area contributed by atoms with Crippen LogP contribution in [0.25, 0.3) is 0 Å². The highest BCUT2D eigenvalue weighted by Crippen LogP contribution is 2.22. The van der Waals surface area contributed by atoms with Gasteiger partial charge >= 0.3 is 0 Å². The molecule has 1 aromatic heterocycles. The molecule has 130 valence electrons. The summed E-state index contributed by atoms with van der Waals surface area (Å²) in [4.78, 5) is 2.45. The molecule has 1 atom stereocenters. The molecule has 5 heteroatoms. The van der Waals surface area contributed by atoms with Gasteiger partial charge in [-0.1, -0.05) is 12.1 Å². The standard InChI is InChI=1S/C19H26FN3O/c1-14-12-15(2)23(21-14)16(3)13-22-10-8-17(9-11-22)24-19-7-5-4-6-18(19)20/h4-7,12,16-17H,8-11,13H2,1-3H3. The lowest BCUT2D eigenvalue weighted by molar-refractivity contribution is 0.0892. The Balaban J connectivity index is 1.50. The predicted octanol–water partition coefficient (Wildman–Crippen LogP) is 3.74. The zero-order chi connectivity index (χ0) is 17.1. The molecular weight excluding hydrogens is 305 g/mol. The van der Waals surface area contributed by atoms with Crippen molar-refractivity contribution in [2.45, 2.75) is 45.8 Å². The van der Waals surface area contributed by atoms with Gasteiger partial charge < -0.3 is 9.64 Å². The molecule has 2 heterocycles. The number of ether oxygens (including phenoxy) is 1. The molecule has 3 rings (SSSR count). The minimum absolute atomic E-state index is 0.0992. The SMILES string of the molecule is Cc1cc(C)n(C(C)CN2CCC(Oc3ccccc3F)CC2)n1. The van der Waals surface area contributed by atoms with E-state index in [1.165, 1.54) is 11.8 Å². The highest BCUT2D eigenvalue weighted by molar-refractivity contribution is 5.23. The molecule has 0 radical (unpaired) electrons. The third-order valence-electron chi connectivity index (χ3n) is 4.65. The molecule has 1 aromatic carbocycles. The molecule has 0 saturated carbocycles. The van der Waals surface area contributed by atoms with Crippen molar-refractivity contribution in [1.29, 1.82) is 0 Å². The van der Waals surface area contributed by atoms with E-state index < -0.39 is 0 Å². The summed E-state index contributed by atoms with van der Waals surface area (Å²) in [5.41, 5.74) is 2.27. The minimum Gasteiger partial charge on any atom is -0.487 e. The van der Waals surface area contributed by atoms with Gasteiger partial charge in [0.2, 0.25) is 0 Å². The average Bonchev–Trinajstić information content (AvgIpc) is 2.90. The Bertz CT molecular complexity index is 677. The van der Waals surface area contributed by atoms with Crippen LogP contribution >= 0.6 is 0 Å². The molecule has 0 aliphatic carbocycles. The van der Waals surface area contributed by atoms with Gasteiger partial charge in [-0.05, 0) is 51.8 Å². The Kier molecular flexibility index (Phi) is 5.19. The van der Waals surface area contributed by atoms with E-state index in [-0.39, 0.29) is 11.9 Å². The van der Waals surface area contributed by atoms with Crippen LogP contribution in [0.5, 0.6) is 5.75 Å². The Morgan fingerprint density at radius 2 is 1.96 bits per heavy atom. The van der Waals surface area contributed by atoms with Crippen LogP contribution < -0.4 is 4.74 Å². The van der Waals surface area contributed by atoms with Crippen LogP contribution in [-0.4, -0.2) is 40.4 Å². The fourth-order valence-corrected chi connectivity index (χ4v) is 3.47.